The maximum Gasteiger partial charge on any atom is 0.258 e. The van der Waals surface area contributed by atoms with Crippen LogP contribution in [-0.4, -0.2) is 27.4 Å². The Morgan fingerprint density at radius 2 is 1.93 bits per heavy atom. The number of likely N-dealkylation sites (tertiary alicyclic amines) is 1. The van der Waals surface area contributed by atoms with E-state index in [9.17, 15) is 4.79 Å². The van der Waals surface area contributed by atoms with Gasteiger partial charge in [0, 0.05) is 23.8 Å². The van der Waals surface area contributed by atoms with Crippen molar-refractivity contribution in [2.45, 2.75) is 32.7 Å². The molecule has 1 aliphatic rings. The Kier molecular flexibility index (Phi) is 5.28. The lowest BCUT2D eigenvalue weighted by Gasteiger charge is -2.31. The smallest absolute Gasteiger partial charge is 0.258 e. The van der Waals surface area contributed by atoms with Crippen molar-refractivity contribution in [2.75, 3.05) is 13.1 Å². The van der Waals surface area contributed by atoms with E-state index in [1.807, 2.05) is 37.4 Å². The van der Waals surface area contributed by atoms with Gasteiger partial charge in [-0.25, -0.2) is 4.98 Å². The van der Waals surface area contributed by atoms with Crippen molar-refractivity contribution in [3.63, 3.8) is 0 Å². The summed E-state index contributed by atoms with van der Waals surface area (Å²) in [6, 6.07) is 13.7. The van der Waals surface area contributed by atoms with Crippen LogP contribution < -0.4 is 5.56 Å². The molecule has 5 heteroatoms. The normalized spacial score (nSPS) is 16.1. The summed E-state index contributed by atoms with van der Waals surface area (Å²) in [5, 5.41) is 0.871. The Bertz CT molecular complexity index is 1010. The summed E-state index contributed by atoms with van der Waals surface area (Å²) < 4.78 is 1.62. The van der Waals surface area contributed by atoms with Gasteiger partial charge in [0.2, 0.25) is 0 Å². The van der Waals surface area contributed by atoms with Gasteiger partial charge in [-0.15, -0.1) is 0 Å². The summed E-state index contributed by atoms with van der Waals surface area (Å²) in [4.78, 5) is 19.4. The van der Waals surface area contributed by atoms with Crippen LogP contribution in [0.2, 0.25) is 5.02 Å². The fourth-order valence-corrected chi connectivity index (χ4v) is 4.10. The average Bonchev–Trinajstić information content (AvgIpc) is 2.66. The molecule has 0 bridgehead atoms. The maximum atomic E-state index is 12.4. The topological polar surface area (TPSA) is 37.6 Å². The summed E-state index contributed by atoms with van der Waals surface area (Å²) in [5.41, 5.74) is 3.87. The molecule has 2 aromatic heterocycles. The SMILES string of the molecule is Cc1ccc2nc(CN3CCC(Cc4ccccc4Cl)CC3)cc(=O)n2c1. The Morgan fingerprint density at radius 1 is 1.15 bits per heavy atom. The lowest BCUT2D eigenvalue weighted by atomic mass is 9.90. The summed E-state index contributed by atoms with van der Waals surface area (Å²) in [6.07, 6.45) is 5.19. The van der Waals surface area contributed by atoms with Crippen LogP contribution in [0.5, 0.6) is 0 Å². The first-order valence-corrected chi connectivity index (χ1v) is 9.91. The molecule has 140 valence electrons. The Balaban J connectivity index is 1.39. The molecule has 1 aliphatic heterocycles. The Hall–Kier alpha value is -2.17. The third-order valence-corrected chi connectivity index (χ3v) is 5.79. The van der Waals surface area contributed by atoms with Crippen LogP contribution in [-0.2, 0) is 13.0 Å². The highest BCUT2D eigenvalue weighted by Crippen LogP contribution is 2.26. The van der Waals surface area contributed by atoms with Gasteiger partial charge in [-0.2, -0.15) is 0 Å². The van der Waals surface area contributed by atoms with Gasteiger partial charge in [-0.05, 0) is 68.5 Å². The molecule has 4 nitrogen and oxygen atoms in total. The zero-order valence-corrected chi connectivity index (χ0v) is 16.3. The Labute approximate surface area is 164 Å². The molecule has 0 radical (unpaired) electrons. The molecule has 1 saturated heterocycles. The maximum absolute atomic E-state index is 12.4. The summed E-state index contributed by atoms with van der Waals surface area (Å²) in [5.74, 6) is 0.666. The van der Waals surface area contributed by atoms with Crippen LogP contribution >= 0.6 is 11.6 Å². The van der Waals surface area contributed by atoms with Gasteiger partial charge < -0.3 is 0 Å². The molecule has 3 heterocycles. The van der Waals surface area contributed by atoms with Crippen molar-refractivity contribution in [2.24, 2.45) is 5.92 Å². The molecule has 4 rings (SSSR count). The first-order valence-electron chi connectivity index (χ1n) is 9.53. The largest absolute Gasteiger partial charge is 0.297 e. The monoisotopic (exact) mass is 381 g/mol. The van der Waals surface area contributed by atoms with Crippen LogP contribution in [0, 0.1) is 12.8 Å². The van der Waals surface area contributed by atoms with Crippen LogP contribution in [0.15, 0.2) is 53.5 Å². The van der Waals surface area contributed by atoms with Crippen LogP contribution in [0.25, 0.3) is 5.65 Å². The number of aromatic nitrogens is 2. The third-order valence-electron chi connectivity index (χ3n) is 5.42. The van der Waals surface area contributed by atoms with Crippen LogP contribution in [0.3, 0.4) is 0 Å². The number of hydrogen-bond donors (Lipinski definition) is 0. The highest BCUT2D eigenvalue weighted by Gasteiger charge is 2.21. The van der Waals surface area contributed by atoms with Gasteiger partial charge in [0.05, 0.1) is 5.69 Å². The van der Waals surface area contributed by atoms with Gasteiger partial charge in [0.15, 0.2) is 0 Å². The number of aryl methyl sites for hydroxylation is 1. The second-order valence-corrected chi connectivity index (χ2v) is 7.94. The molecule has 1 aromatic carbocycles. The van der Waals surface area contributed by atoms with E-state index in [2.05, 4.69) is 22.0 Å². The predicted octanol–water partition coefficient (Wildman–Crippen LogP) is 4.11. The molecule has 0 spiro atoms. The van der Waals surface area contributed by atoms with E-state index in [1.54, 1.807) is 10.5 Å². The fourth-order valence-electron chi connectivity index (χ4n) is 3.89. The molecule has 3 aromatic rings. The van der Waals surface area contributed by atoms with E-state index in [4.69, 9.17) is 11.6 Å². The standard InChI is InChI=1S/C22H24ClN3O/c1-16-6-7-21-24-19(13-22(27)26(21)14-16)15-25-10-8-17(9-11-25)12-18-4-2-3-5-20(18)23/h2-7,13-14,17H,8-12,15H2,1H3. The number of rotatable bonds is 4. The van der Waals surface area contributed by atoms with Gasteiger partial charge >= 0.3 is 0 Å². The van der Waals surface area contributed by atoms with Gasteiger partial charge in [-0.3, -0.25) is 14.1 Å². The zero-order chi connectivity index (χ0) is 18.8. The number of halogens is 1. The molecule has 27 heavy (non-hydrogen) atoms. The number of hydrogen-bond acceptors (Lipinski definition) is 3. The van der Waals surface area contributed by atoms with Crippen LogP contribution in [0.1, 0.15) is 29.7 Å². The molecule has 0 saturated carbocycles. The number of benzene rings is 1. The number of piperidine rings is 1. The number of fused-ring (bicyclic) bond motifs is 1. The van der Waals surface area contributed by atoms with E-state index < -0.39 is 0 Å². The summed E-state index contributed by atoms with van der Waals surface area (Å²) >= 11 is 6.30. The molecular weight excluding hydrogens is 358 g/mol. The van der Waals surface area contributed by atoms with E-state index in [0.29, 0.717) is 5.92 Å². The van der Waals surface area contributed by atoms with Gasteiger partial charge in [-0.1, -0.05) is 35.9 Å². The minimum atomic E-state index is -0.00712. The van der Waals surface area contributed by atoms with Crippen molar-refractivity contribution in [3.05, 3.63) is 80.9 Å². The first-order chi connectivity index (χ1) is 13.1. The van der Waals surface area contributed by atoms with Crippen molar-refractivity contribution in [1.82, 2.24) is 14.3 Å². The molecule has 0 amide bonds. The number of pyridine rings is 1. The summed E-state index contributed by atoms with van der Waals surface area (Å²) in [7, 11) is 0. The molecule has 0 atom stereocenters. The lowest BCUT2D eigenvalue weighted by Crippen LogP contribution is -2.34. The van der Waals surface area contributed by atoms with Gasteiger partial charge in [0.1, 0.15) is 5.65 Å². The van der Waals surface area contributed by atoms with Crippen molar-refractivity contribution >= 4 is 17.2 Å². The van der Waals surface area contributed by atoms with Crippen LogP contribution in [0.4, 0.5) is 0 Å². The summed E-state index contributed by atoms with van der Waals surface area (Å²) in [6.45, 7) is 4.78. The highest BCUT2D eigenvalue weighted by atomic mass is 35.5. The molecule has 0 unspecified atom stereocenters. The lowest BCUT2D eigenvalue weighted by molar-refractivity contribution is 0.175. The molecular formula is C22H24ClN3O. The molecule has 0 aliphatic carbocycles. The van der Waals surface area contributed by atoms with E-state index in [1.165, 1.54) is 5.56 Å². The number of nitrogens with zero attached hydrogens (tertiary/aromatic N) is 3. The fraction of sp³-hybridized carbons (Fsp3) is 0.364. The second kappa shape index (κ2) is 7.83. The van der Waals surface area contributed by atoms with E-state index in [0.717, 1.165) is 60.8 Å². The van der Waals surface area contributed by atoms with Crippen molar-refractivity contribution in [3.8, 4) is 0 Å². The average molecular weight is 382 g/mol. The molecule has 0 N–H and O–H groups in total. The van der Waals surface area contributed by atoms with Gasteiger partial charge in [0.25, 0.3) is 5.56 Å². The van der Waals surface area contributed by atoms with E-state index >= 15 is 0 Å². The minimum absolute atomic E-state index is 0.00712. The third kappa shape index (κ3) is 4.23. The van der Waals surface area contributed by atoms with Crippen molar-refractivity contribution in [1.29, 1.82) is 0 Å². The zero-order valence-electron chi connectivity index (χ0n) is 15.6. The van der Waals surface area contributed by atoms with Crippen molar-refractivity contribution < 1.29 is 0 Å². The molecule has 1 fully saturated rings. The second-order valence-electron chi connectivity index (χ2n) is 7.54. The highest BCUT2D eigenvalue weighted by molar-refractivity contribution is 6.31. The quantitative estimate of drug-likeness (QED) is 0.682. The minimum Gasteiger partial charge on any atom is -0.297 e. The predicted molar refractivity (Wildman–Crippen MR) is 109 cm³/mol. The first kappa shape index (κ1) is 18.2. The van der Waals surface area contributed by atoms with E-state index in [-0.39, 0.29) is 5.56 Å². The Morgan fingerprint density at radius 3 is 2.70 bits per heavy atom.